The van der Waals surface area contributed by atoms with Crippen molar-refractivity contribution in [3.8, 4) is 17.2 Å². The molecule has 0 aromatic heterocycles. The molecular formula is C20H17BrFNO4. The topological polar surface area (TPSA) is 56.8 Å². The molecule has 0 aliphatic rings. The highest BCUT2D eigenvalue weighted by atomic mass is 79.9. The van der Waals surface area contributed by atoms with Crippen LogP contribution in [0.1, 0.15) is 10.4 Å². The molecule has 0 radical (unpaired) electrons. The lowest BCUT2D eigenvalue weighted by molar-refractivity contribution is 0.102. The third-order valence-electron chi connectivity index (χ3n) is 4.13. The maximum absolute atomic E-state index is 14.0. The van der Waals surface area contributed by atoms with Crippen LogP contribution in [0.25, 0.3) is 10.8 Å². The van der Waals surface area contributed by atoms with Crippen molar-refractivity contribution in [3.05, 3.63) is 58.3 Å². The Kier molecular flexibility index (Phi) is 5.51. The molecule has 0 aliphatic heterocycles. The smallest absolute Gasteiger partial charge is 0.257 e. The fourth-order valence-corrected chi connectivity index (χ4v) is 3.48. The van der Waals surface area contributed by atoms with Crippen molar-refractivity contribution in [2.24, 2.45) is 0 Å². The van der Waals surface area contributed by atoms with Crippen LogP contribution in [0.15, 0.2) is 46.9 Å². The molecule has 0 unspecified atom stereocenters. The molecule has 27 heavy (non-hydrogen) atoms. The zero-order valence-corrected chi connectivity index (χ0v) is 16.5. The van der Waals surface area contributed by atoms with Gasteiger partial charge < -0.3 is 19.5 Å². The highest BCUT2D eigenvalue weighted by Crippen LogP contribution is 2.45. The lowest BCUT2D eigenvalue weighted by Gasteiger charge is -2.17. The molecule has 0 spiro atoms. The van der Waals surface area contributed by atoms with Crippen molar-refractivity contribution in [2.75, 3.05) is 26.6 Å². The molecule has 140 valence electrons. The van der Waals surface area contributed by atoms with E-state index < -0.39 is 5.91 Å². The summed E-state index contributed by atoms with van der Waals surface area (Å²) in [5.41, 5.74) is 0.788. The summed E-state index contributed by atoms with van der Waals surface area (Å²) in [5, 5.41) is 3.86. The molecule has 0 heterocycles. The quantitative estimate of drug-likeness (QED) is 0.613. The number of carbonyl (C=O) groups excluding carboxylic acids is 1. The van der Waals surface area contributed by atoms with Gasteiger partial charge in [-0.05, 0) is 34.1 Å². The van der Waals surface area contributed by atoms with E-state index in [1.54, 1.807) is 30.3 Å². The van der Waals surface area contributed by atoms with Gasteiger partial charge in [0.05, 0.1) is 31.4 Å². The van der Waals surface area contributed by atoms with Crippen LogP contribution in [0.2, 0.25) is 0 Å². The van der Waals surface area contributed by atoms with Gasteiger partial charge in [-0.1, -0.05) is 24.3 Å². The summed E-state index contributed by atoms with van der Waals surface area (Å²) >= 11 is 3.39. The van der Waals surface area contributed by atoms with Gasteiger partial charge in [-0.25, -0.2) is 4.39 Å². The Labute approximate surface area is 164 Å². The van der Waals surface area contributed by atoms with E-state index >= 15 is 0 Å². The van der Waals surface area contributed by atoms with Crippen molar-refractivity contribution < 1.29 is 23.4 Å². The average molecular weight is 434 g/mol. The Hall–Kier alpha value is -2.80. The molecule has 0 bridgehead atoms. The van der Waals surface area contributed by atoms with Crippen molar-refractivity contribution in [1.29, 1.82) is 0 Å². The average Bonchev–Trinajstić information content (AvgIpc) is 2.69. The van der Waals surface area contributed by atoms with Crippen molar-refractivity contribution in [3.63, 3.8) is 0 Å². The van der Waals surface area contributed by atoms with Crippen LogP contribution in [0.3, 0.4) is 0 Å². The Morgan fingerprint density at radius 3 is 2.26 bits per heavy atom. The van der Waals surface area contributed by atoms with E-state index in [9.17, 15) is 9.18 Å². The second-order valence-corrected chi connectivity index (χ2v) is 6.39. The summed E-state index contributed by atoms with van der Waals surface area (Å²) in [5.74, 6) is 0.309. The molecule has 0 atom stereocenters. The maximum Gasteiger partial charge on any atom is 0.257 e. The fourth-order valence-electron chi connectivity index (χ4n) is 2.85. The SMILES string of the molecule is COc1cc(C(=O)Nc2ccc(F)c3ccccc23)c(Br)c(OC)c1OC. The Morgan fingerprint density at radius 1 is 0.963 bits per heavy atom. The third-order valence-corrected chi connectivity index (χ3v) is 4.92. The van der Waals surface area contributed by atoms with Crippen LogP contribution in [0.5, 0.6) is 17.2 Å². The van der Waals surface area contributed by atoms with Gasteiger partial charge in [-0.3, -0.25) is 4.79 Å². The Bertz CT molecular complexity index is 1020. The van der Waals surface area contributed by atoms with Crippen LogP contribution < -0.4 is 19.5 Å². The number of halogens is 2. The summed E-state index contributed by atoms with van der Waals surface area (Å²) in [4.78, 5) is 12.9. The van der Waals surface area contributed by atoms with Gasteiger partial charge in [0.2, 0.25) is 5.75 Å². The van der Waals surface area contributed by atoms with E-state index in [2.05, 4.69) is 21.2 Å². The minimum atomic E-state index is -0.405. The van der Waals surface area contributed by atoms with E-state index in [0.29, 0.717) is 38.2 Å². The summed E-state index contributed by atoms with van der Waals surface area (Å²) in [7, 11) is 4.43. The van der Waals surface area contributed by atoms with Crippen molar-refractivity contribution >= 4 is 38.3 Å². The van der Waals surface area contributed by atoms with E-state index in [1.165, 1.54) is 33.5 Å². The summed E-state index contributed by atoms with van der Waals surface area (Å²) < 4.78 is 30.4. The highest BCUT2D eigenvalue weighted by Gasteiger charge is 2.23. The second kappa shape index (κ2) is 7.84. The number of hydrogen-bond donors (Lipinski definition) is 1. The molecule has 0 aliphatic carbocycles. The standard InChI is InChI=1S/C20H17BrFNO4/c1-25-16-10-13(17(21)19(27-3)18(16)26-2)20(24)23-15-9-8-14(22)11-6-4-5-7-12(11)15/h4-10H,1-3H3,(H,23,24). The first-order valence-corrected chi connectivity index (χ1v) is 8.78. The van der Waals surface area contributed by atoms with Gasteiger partial charge in [0, 0.05) is 16.5 Å². The van der Waals surface area contributed by atoms with Crippen LogP contribution in [0.4, 0.5) is 10.1 Å². The monoisotopic (exact) mass is 433 g/mol. The third kappa shape index (κ3) is 3.42. The van der Waals surface area contributed by atoms with E-state index in [-0.39, 0.29) is 11.4 Å². The van der Waals surface area contributed by atoms with Gasteiger partial charge in [0.1, 0.15) is 5.82 Å². The minimum absolute atomic E-state index is 0.290. The molecule has 0 saturated carbocycles. The molecular weight excluding hydrogens is 417 g/mol. The van der Waals surface area contributed by atoms with Crippen LogP contribution in [-0.4, -0.2) is 27.2 Å². The number of hydrogen-bond acceptors (Lipinski definition) is 4. The van der Waals surface area contributed by atoms with E-state index in [4.69, 9.17) is 14.2 Å². The number of nitrogens with one attached hydrogen (secondary N) is 1. The number of anilines is 1. The predicted molar refractivity (Wildman–Crippen MR) is 106 cm³/mol. The number of fused-ring (bicyclic) bond motifs is 1. The zero-order valence-electron chi connectivity index (χ0n) is 14.9. The Balaban J connectivity index is 2.06. The number of ether oxygens (including phenoxy) is 3. The lowest BCUT2D eigenvalue weighted by Crippen LogP contribution is -2.14. The normalized spacial score (nSPS) is 10.6. The summed E-state index contributed by atoms with van der Waals surface area (Å²) in [6, 6.07) is 11.3. The first-order valence-electron chi connectivity index (χ1n) is 7.98. The van der Waals surface area contributed by atoms with Gasteiger partial charge in [0.15, 0.2) is 11.5 Å². The number of benzene rings is 3. The van der Waals surface area contributed by atoms with Gasteiger partial charge >= 0.3 is 0 Å². The first kappa shape index (κ1) is 19.0. The maximum atomic E-state index is 14.0. The molecule has 1 amide bonds. The van der Waals surface area contributed by atoms with Crippen molar-refractivity contribution in [2.45, 2.75) is 0 Å². The molecule has 3 aromatic rings. The number of methoxy groups -OCH3 is 3. The molecule has 5 nitrogen and oxygen atoms in total. The Morgan fingerprint density at radius 2 is 1.63 bits per heavy atom. The zero-order chi connectivity index (χ0) is 19.6. The van der Waals surface area contributed by atoms with E-state index in [1.807, 2.05) is 0 Å². The lowest BCUT2D eigenvalue weighted by atomic mass is 10.1. The largest absolute Gasteiger partial charge is 0.493 e. The van der Waals surface area contributed by atoms with Crippen LogP contribution in [-0.2, 0) is 0 Å². The molecule has 0 saturated heterocycles. The summed E-state index contributed by atoms with van der Waals surface area (Å²) in [6.45, 7) is 0. The number of rotatable bonds is 5. The highest BCUT2D eigenvalue weighted by molar-refractivity contribution is 9.10. The second-order valence-electron chi connectivity index (χ2n) is 5.60. The molecule has 0 fully saturated rings. The minimum Gasteiger partial charge on any atom is -0.493 e. The van der Waals surface area contributed by atoms with Gasteiger partial charge in [0.25, 0.3) is 5.91 Å². The van der Waals surface area contributed by atoms with Crippen molar-refractivity contribution in [1.82, 2.24) is 0 Å². The molecule has 3 rings (SSSR count). The number of carbonyl (C=O) groups is 1. The predicted octanol–water partition coefficient (Wildman–Crippen LogP) is 5.02. The fraction of sp³-hybridized carbons (Fsp3) is 0.150. The molecule has 1 N–H and O–H groups in total. The number of amides is 1. The van der Waals surface area contributed by atoms with E-state index in [0.717, 1.165) is 0 Å². The molecule has 3 aromatic carbocycles. The van der Waals surface area contributed by atoms with Gasteiger partial charge in [-0.15, -0.1) is 0 Å². The molecule has 7 heteroatoms. The summed E-state index contributed by atoms with van der Waals surface area (Å²) in [6.07, 6.45) is 0. The van der Waals surface area contributed by atoms with Gasteiger partial charge in [-0.2, -0.15) is 0 Å². The first-order chi connectivity index (χ1) is 13.0. The van der Waals surface area contributed by atoms with Crippen LogP contribution in [0, 0.1) is 5.82 Å². The van der Waals surface area contributed by atoms with Crippen LogP contribution >= 0.6 is 15.9 Å².